The van der Waals surface area contributed by atoms with E-state index in [1.807, 2.05) is 6.92 Å². The average molecular weight is 408 g/mol. The summed E-state index contributed by atoms with van der Waals surface area (Å²) < 4.78 is 28.4. The van der Waals surface area contributed by atoms with Gasteiger partial charge in [0.05, 0.1) is 25.7 Å². The fraction of sp³-hybridized carbons (Fsp3) is 0.118. The Bertz CT molecular complexity index is 1110. The molecule has 0 aliphatic heterocycles. The third kappa shape index (κ3) is 5.02. The molecule has 0 bridgehead atoms. The van der Waals surface area contributed by atoms with Gasteiger partial charge in [-0.3, -0.25) is 9.52 Å². The maximum Gasteiger partial charge on any atom is 0.335 e. The number of carbonyl (C=O) groups is 2. The quantitative estimate of drug-likeness (QED) is 0.565. The Morgan fingerprint density at radius 3 is 2.48 bits per heavy atom. The van der Waals surface area contributed by atoms with Gasteiger partial charge in [0, 0.05) is 5.69 Å². The monoisotopic (exact) mass is 408 g/mol. The molecular weight excluding hydrogens is 392 g/mol. The second-order valence-electron chi connectivity index (χ2n) is 5.47. The zero-order valence-electron chi connectivity index (χ0n) is 14.3. The van der Waals surface area contributed by atoms with Crippen LogP contribution >= 0.6 is 11.3 Å². The Morgan fingerprint density at radius 2 is 1.85 bits per heavy atom. The fourth-order valence-electron chi connectivity index (χ4n) is 2.37. The van der Waals surface area contributed by atoms with E-state index in [2.05, 4.69) is 9.71 Å². The van der Waals surface area contributed by atoms with Crippen LogP contribution in [0.3, 0.4) is 0 Å². The third-order valence-electron chi connectivity index (χ3n) is 3.35. The van der Waals surface area contributed by atoms with Crippen LogP contribution in [0.1, 0.15) is 20.9 Å². The van der Waals surface area contributed by atoms with E-state index in [0.29, 0.717) is 5.56 Å². The van der Waals surface area contributed by atoms with Crippen molar-refractivity contribution < 1.29 is 28.2 Å². The van der Waals surface area contributed by atoms with Crippen LogP contribution in [0.15, 0.2) is 41.3 Å². The van der Waals surface area contributed by atoms with Gasteiger partial charge in [-0.25, -0.2) is 18.2 Å². The number of hydrogen-bond acceptors (Lipinski definition) is 6. The van der Waals surface area contributed by atoms with E-state index in [1.54, 1.807) is 25.1 Å². The molecule has 0 unspecified atom stereocenters. The van der Waals surface area contributed by atoms with Gasteiger partial charge < -0.3 is 10.2 Å². The second kappa shape index (κ2) is 8.14. The lowest BCUT2D eigenvalue weighted by Crippen LogP contribution is -2.13. The maximum atomic E-state index is 12.6. The van der Waals surface area contributed by atoms with E-state index < -0.39 is 16.0 Å². The SMILES string of the molecule is Cc1cc(NS(=O)(=O)c2ccc3nc(C)sc3c2)cc(C(=O)O)c1.O=CO. The van der Waals surface area contributed by atoms with Crippen molar-refractivity contribution in [1.29, 1.82) is 0 Å². The summed E-state index contributed by atoms with van der Waals surface area (Å²) in [5.41, 5.74) is 1.65. The molecule has 0 saturated carbocycles. The number of carboxylic acid groups (broad SMARTS) is 2. The number of anilines is 1. The molecule has 2 aromatic carbocycles. The molecule has 142 valence electrons. The van der Waals surface area contributed by atoms with Crippen molar-refractivity contribution in [2.24, 2.45) is 0 Å². The number of thiazole rings is 1. The predicted octanol–water partition coefficient (Wildman–Crippen LogP) is 3.11. The average Bonchev–Trinajstić information content (AvgIpc) is 2.93. The standard InChI is InChI=1S/C16H14N2O4S2.CH2O2/c1-9-5-11(16(19)20)7-12(6-9)18-24(21,22)13-3-4-14-15(8-13)23-10(2)17-14;2-1-3/h3-8,18H,1-2H3,(H,19,20);1H,(H,2,3). The predicted molar refractivity (Wildman–Crippen MR) is 102 cm³/mol. The van der Waals surface area contributed by atoms with Crippen molar-refractivity contribution >= 4 is 49.7 Å². The number of aryl methyl sites for hydroxylation is 2. The van der Waals surface area contributed by atoms with Gasteiger partial charge in [0.25, 0.3) is 16.5 Å². The molecule has 0 aliphatic carbocycles. The Labute approximate surface area is 159 Å². The minimum absolute atomic E-state index is 0.0289. The number of benzene rings is 2. The van der Waals surface area contributed by atoms with Gasteiger partial charge in [-0.1, -0.05) is 0 Å². The molecule has 0 saturated heterocycles. The van der Waals surface area contributed by atoms with Gasteiger partial charge in [0.1, 0.15) is 0 Å². The van der Waals surface area contributed by atoms with Crippen LogP contribution in [0.4, 0.5) is 5.69 Å². The van der Waals surface area contributed by atoms with E-state index in [4.69, 9.17) is 15.0 Å². The number of carboxylic acids is 1. The largest absolute Gasteiger partial charge is 0.483 e. The van der Waals surface area contributed by atoms with Crippen LogP contribution in [0.25, 0.3) is 10.2 Å². The number of rotatable bonds is 4. The number of nitrogens with one attached hydrogen (secondary N) is 1. The molecule has 27 heavy (non-hydrogen) atoms. The summed E-state index contributed by atoms with van der Waals surface area (Å²) >= 11 is 1.42. The second-order valence-corrected chi connectivity index (χ2v) is 8.38. The van der Waals surface area contributed by atoms with Gasteiger partial charge >= 0.3 is 5.97 Å². The van der Waals surface area contributed by atoms with Crippen LogP contribution in [0, 0.1) is 13.8 Å². The highest BCUT2D eigenvalue weighted by molar-refractivity contribution is 7.92. The molecule has 0 aliphatic rings. The number of hydrogen-bond donors (Lipinski definition) is 3. The topological polar surface area (TPSA) is 134 Å². The lowest BCUT2D eigenvalue weighted by molar-refractivity contribution is -0.122. The normalized spacial score (nSPS) is 10.7. The first-order chi connectivity index (χ1) is 12.7. The zero-order valence-corrected chi connectivity index (χ0v) is 16.0. The Hall–Kier alpha value is -2.98. The molecule has 3 N–H and O–H groups in total. The van der Waals surface area contributed by atoms with Gasteiger partial charge in [0.15, 0.2) is 0 Å². The van der Waals surface area contributed by atoms with Crippen molar-refractivity contribution in [3.63, 3.8) is 0 Å². The Balaban J connectivity index is 0.000000817. The number of aromatic carboxylic acids is 1. The summed E-state index contributed by atoms with van der Waals surface area (Å²) in [6, 6.07) is 9.06. The first-order valence-corrected chi connectivity index (χ1v) is 9.79. The molecule has 0 radical (unpaired) electrons. The maximum absolute atomic E-state index is 12.6. The van der Waals surface area contributed by atoms with Gasteiger partial charge in [-0.15, -0.1) is 11.3 Å². The molecule has 0 fully saturated rings. The van der Waals surface area contributed by atoms with Gasteiger partial charge in [0.2, 0.25) is 0 Å². The van der Waals surface area contributed by atoms with E-state index in [9.17, 15) is 13.2 Å². The van der Waals surface area contributed by atoms with Gasteiger partial charge in [-0.05, 0) is 55.8 Å². The molecule has 0 spiro atoms. The van der Waals surface area contributed by atoms with Crippen LogP contribution in [-0.4, -0.2) is 36.1 Å². The first-order valence-electron chi connectivity index (χ1n) is 7.49. The molecule has 1 heterocycles. The van der Waals surface area contributed by atoms with Gasteiger partial charge in [-0.2, -0.15) is 0 Å². The molecule has 10 heteroatoms. The summed E-state index contributed by atoms with van der Waals surface area (Å²) in [5.74, 6) is -1.11. The fourth-order valence-corrected chi connectivity index (χ4v) is 4.37. The molecular formula is C17H16N2O6S2. The molecule has 1 aromatic heterocycles. The summed E-state index contributed by atoms with van der Waals surface area (Å²) in [6.07, 6.45) is 0. The number of sulfonamides is 1. The third-order valence-corrected chi connectivity index (χ3v) is 5.67. The number of fused-ring (bicyclic) bond motifs is 1. The Kier molecular flexibility index (Phi) is 6.13. The van der Waals surface area contributed by atoms with E-state index >= 15 is 0 Å². The van der Waals surface area contributed by atoms with Crippen molar-refractivity contribution in [1.82, 2.24) is 4.98 Å². The van der Waals surface area contributed by atoms with Crippen LogP contribution in [0.2, 0.25) is 0 Å². The van der Waals surface area contributed by atoms with E-state index in [0.717, 1.165) is 15.2 Å². The summed E-state index contributed by atoms with van der Waals surface area (Å²) in [6.45, 7) is 3.31. The van der Waals surface area contributed by atoms with Crippen molar-refractivity contribution in [3.05, 3.63) is 52.5 Å². The highest BCUT2D eigenvalue weighted by Crippen LogP contribution is 2.26. The highest BCUT2D eigenvalue weighted by Gasteiger charge is 2.17. The van der Waals surface area contributed by atoms with Crippen LogP contribution in [-0.2, 0) is 14.8 Å². The summed E-state index contributed by atoms with van der Waals surface area (Å²) in [7, 11) is -3.82. The smallest absolute Gasteiger partial charge is 0.335 e. The molecule has 8 nitrogen and oxygen atoms in total. The number of aromatic nitrogens is 1. The molecule has 3 aromatic rings. The lowest BCUT2D eigenvalue weighted by atomic mass is 10.1. The summed E-state index contributed by atoms with van der Waals surface area (Å²) in [5, 5.41) is 16.8. The number of nitrogens with zero attached hydrogens (tertiary/aromatic N) is 1. The van der Waals surface area contributed by atoms with Crippen molar-refractivity contribution in [2.75, 3.05) is 4.72 Å². The zero-order chi connectivity index (χ0) is 20.2. The highest BCUT2D eigenvalue weighted by atomic mass is 32.2. The first kappa shape index (κ1) is 20.3. The minimum atomic E-state index is -3.82. The molecule has 3 rings (SSSR count). The van der Waals surface area contributed by atoms with Crippen LogP contribution in [0.5, 0.6) is 0 Å². The summed E-state index contributed by atoms with van der Waals surface area (Å²) in [4.78, 5) is 23.9. The lowest BCUT2D eigenvalue weighted by Gasteiger charge is -2.10. The van der Waals surface area contributed by atoms with E-state index in [-0.39, 0.29) is 22.6 Å². The molecule has 0 amide bonds. The Morgan fingerprint density at radius 1 is 1.19 bits per heavy atom. The minimum Gasteiger partial charge on any atom is -0.483 e. The van der Waals surface area contributed by atoms with E-state index in [1.165, 1.54) is 29.5 Å². The van der Waals surface area contributed by atoms with Crippen LogP contribution < -0.4 is 4.72 Å². The van der Waals surface area contributed by atoms with Crippen molar-refractivity contribution in [3.8, 4) is 0 Å². The molecule has 0 atom stereocenters. The van der Waals surface area contributed by atoms with Crippen molar-refractivity contribution in [2.45, 2.75) is 18.7 Å².